The first-order valence-corrected chi connectivity index (χ1v) is 9.94. The Morgan fingerprint density at radius 1 is 1.07 bits per heavy atom. The molecule has 0 spiro atoms. The minimum Gasteiger partial charge on any atom is -0.479 e. The van der Waals surface area contributed by atoms with Gasteiger partial charge < -0.3 is 15.0 Å². The third-order valence-corrected chi connectivity index (χ3v) is 5.98. The fourth-order valence-corrected chi connectivity index (χ4v) is 4.40. The Labute approximate surface area is 168 Å². The number of methoxy groups -OCH3 is 1. The van der Waals surface area contributed by atoms with Gasteiger partial charge in [0.2, 0.25) is 5.88 Å². The van der Waals surface area contributed by atoms with Crippen LogP contribution in [0.25, 0.3) is 22.6 Å². The fourth-order valence-electron chi connectivity index (χ4n) is 4.40. The number of aromatic amines is 1. The third-order valence-electron chi connectivity index (χ3n) is 5.98. The molecular weight excluding hydrogens is 368 g/mol. The maximum absolute atomic E-state index is 5.42. The van der Waals surface area contributed by atoms with E-state index in [0.29, 0.717) is 41.1 Å². The molecule has 2 unspecified atom stereocenters. The predicted octanol–water partition coefficient (Wildman–Crippen LogP) is 2.05. The maximum atomic E-state index is 5.42. The molecule has 0 saturated carbocycles. The van der Waals surface area contributed by atoms with Gasteiger partial charge in [0.05, 0.1) is 19.5 Å². The van der Waals surface area contributed by atoms with Crippen molar-refractivity contribution in [1.82, 2.24) is 35.7 Å². The van der Waals surface area contributed by atoms with Gasteiger partial charge in [-0.1, -0.05) is 0 Å². The van der Waals surface area contributed by atoms with E-state index in [0.717, 1.165) is 24.2 Å². The molecule has 0 aromatic carbocycles. The lowest BCUT2D eigenvalue weighted by atomic mass is 9.98. The van der Waals surface area contributed by atoms with E-state index >= 15 is 0 Å². The monoisotopic (exact) mass is 392 g/mol. The summed E-state index contributed by atoms with van der Waals surface area (Å²) in [5.74, 6) is 1.31. The van der Waals surface area contributed by atoms with Crippen molar-refractivity contribution in [3.63, 3.8) is 0 Å². The first kappa shape index (κ1) is 18.0. The van der Waals surface area contributed by atoms with Crippen LogP contribution >= 0.6 is 0 Å². The van der Waals surface area contributed by atoms with E-state index in [1.54, 1.807) is 25.7 Å². The molecule has 150 valence electrons. The lowest BCUT2D eigenvalue weighted by molar-refractivity contribution is 0.353. The van der Waals surface area contributed by atoms with Crippen LogP contribution in [0.1, 0.15) is 25.7 Å². The molecule has 2 atom stereocenters. The van der Waals surface area contributed by atoms with Crippen LogP contribution in [0.2, 0.25) is 0 Å². The van der Waals surface area contributed by atoms with Gasteiger partial charge in [0.25, 0.3) is 0 Å². The molecule has 9 heteroatoms. The standard InChI is InChI=1S/C20H24N8O/c1-28(15-7-13-3-4-14(8-15)24-13)18-6-5-16(26-27-18)17-11-21-19(20(25-17)29-2)12-9-22-23-10-12/h5-6,9-11,13-15,24H,3-4,7-8H2,1-2H3,(H,22,23). The third kappa shape index (κ3) is 3.42. The highest BCUT2D eigenvalue weighted by molar-refractivity contribution is 5.65. The average molecular weight is 392 g/mol. The van der Waals surface area contributed by atoms with Gasteiger partial charge in [-0.3, -0.25) is 5.10 Å². The van der Waals surface area contributed by atoms with Crippen molar-refractivity contribution in [2.45, 2.75) is 43.8 Å². The molecule has 0 aliphatic carbocycles. The first-order chi connectivity index (χ1) is 14.2. The van der Waals surface area contributed by atoms with Gasteiger partial charge >= 0.3 is 0 Å². The Bertz CT molecular complexity index is 963. The van der Waals surface area contributed by atoms with Gasteiger partial charge in [0, 0.05) is 36.9 Å². The lowest BCUT2D eigenvalue weighted by Crippen LogP contribution is -2.47. The maximum Gasteiger partial charge on any atom is 0.241 e. The van der Waals surface area contributed by atoms with Crippen LogP contribution < -0.4 is 15.0 Å². The fraction of sp³-hybridized carbons (Fsp3) is 0.450. The van der Waals surface area contributed by atoms with Crippen LogP contribution in [0.3, 0.4) is 0 Å². The van der Waals surface area contributed by atoms with Crippen LogP contribution in [0.4, 0.5) is 5.82 Å². The highest BCUT2D eigenvalue weighted by Crippen LogP contribution is 2.31. The van der Waals surface area contributed by atoms with Crippen LogP contribution in [-0.2, 0) is 0 Å². The number of nitrogens with one attached hydrogen (secondary N) is 2. The van der Waals surface area contributed by atoms with Crippen molar-refractivity contribution >= 4 is 5.82 Å². The molecule has 5 rings (SSSR count). The summed E-state index contributed by atoms with van der Waals surface area (Å²) in [6.07, 6.45) is 10.0. The number of fused-ring (bicyclic) bond motifs is 2. The van der Waals surface area contributed by atoms with E-state index in [1.807, 2.05) is 12.1 Å². The summed E-state index contributed by atoms with van der Waals surface area (Å²) in [4.78, 5) is 11.3. The topological polar surface area (TPSA) is 105 Å². The highest BCUT2D eigenvalue weighted by Gasteiger charge is 2.35. The van der Waals surface area contributed by atoms with Gasteiger partial charge in [0.15, 0.2) is 5.82 Å². The van der Waals surface area contributed by atoms with E-state index in [4.69, 9.17) is 4.74 Å². The SMILES string of the molecule is COc1nc(-c2ccc(N(C)C3CC4CCC(C3)N4)nn2)cnc1-c1cn[nH]c1. The van der Waals surface area contributed by atoms with Crippen LogP contribution in [0, 0.1) is 0 Å². The Morgan fingerprint density at radius 2 is 1.90 bits per heavy atom. The predicted molar refractivity (Wildman–Crippen MR) is 109 cm³/mol. The minimum atomic E-state index is 0.428. The largest absolute Gasteiger partial charge is 0.479 e. The van der Waals surface area contributed by atoms with E-state index in [2.05, 4.69) is 47.6 Å². The van der Waals surface area contributed by atoms with Crippen molar-refractivity contribution in [2.75, 3.05) is 19.1 Å². The number of anilines is 1. The molecule has 9 nitrogen and oxygen atoms in total. The Kier molecular flexibility index (Phi) is 4.59. The number of H-pyrrole nitrogens is 1. The Morgan fingerprint density at radius 3 is 2.55 bits per heavy atom. The molecule has 29 heavy (non-hydrogen) atoms. The number of piperidine rings is 1. The normalized spacial score (nSPS) is 23.2. The van der Waals surface area contributed by atoms with E-state index in [-0.39, 0.29) is 0 Å². The summed E-state index contributed by atoms with van der Waals surface area (Å²) >= 11 is 0. The summed E-state index contributed by atoms with van der Waals surface area (Å²) in [6.45, 7) is 0. The zero-order valence-corrected chi connectivity index (χ0v) is 16.5. The summed E-state index contributed by atoms with van der Waals surface area (Å²) in [5, 5.41) is 19.3. The molecule has 3 aromatic heterocycles. The second kappa shape index (κ2) is 7.40. The summed E-state index contributed by atoms with van der Waals surface area (Å²) in [6, 6.07) is 5.73. The van der Waals surface area contributed by atoms with Gasteiger partial charge in [-0.05, 0) is 37.8 Å². The number of nitrogens with zero attached hydrogens (tertiary/aromatic N) is 6. The van der Waals surface area contributed by atoms with Crippen molar-refractivity contribution < 1.29 is 4.74 Å². The van der Waals surface area contributed by atoms with E-state index in [1.165, 1.54) is 12.8 Å². The average Bonchev–Trinajstić information content (AvgIpc) is 3.42. The molecule has 2 fully saturated rings. The molecule has 3 aromatic rings. The van der Waals surface area contributed by atoms with Crippen molar-refractivity contribution in [3.8, 4) is 28.5 Å². The molecule has 0 amide bonds. The molecule has 2 aliphatic rings. The Balaban J connectivity index is 1.36. The van der Waals surface area contributed by atoms with Gasteiger partial charge in [-0.2, -0.15) is 5.10 Å². The van der Waals surface area contributed by atoms with E-state index < -0.39 is 0 Å². The molecule has 0 radical (unpaired) electrons. The van der Waals surface area contributed by atoms with E-state index in [9.17, 15) is 0 Å². The van der Waals surface area contributed by atoms with Crippen LogP contribution in [0.15, 0.2) is 30.7 Å². The van der Waals surface area contributed by atoms with Crippen molar-refractivity contribution in [2.24, 2.45) is 0 Å². The van der Waals surface area contributed by atoms with Crippen LogP contribution in [-0.4, -0.2) is 62.6 Å². The van der Waals surface area contributed by atoms with Crippen molar-refractivity contribution in [1.29, 1.82) is 0 Å². The molecule has 5 heterocycles. The summed E-state index contributed by atoms with van der Waals surface area (Å²) in [5.41, 5.74) is 2.74. The summed E-state index contributed by atoms with van der Waals surface area (Å²) in [7, 11) is 3.69. The van der Waals surface area contributed by atoms with Gasteiger partial charge in [-0.15, -0.1) is 10.2 Å². The number of hydrogen-bond acceptors (Lipinski definition) is 8. The number of ether oxygens (including phenoxy) is 1. The smallest absolute Gasteiger partial charge is 0.241 e. The molecule has 2 saturated heterocycles. The minimum absolute atomic E-state index is 0.428. The number of hydrogen-bond donors (Lipinski definition) is 2. The van der Waals surface area contributed by atoms with Gasteiger partial charge in [-0.25, -0.2) is 9.97 Å². The van der Waals surface area contributed by atoms with Crippen LogP contribution in [0.5, 0.6) is 5.88 Å². The van der Waals surface area contributed by atoms with Crippen molar-refractivity contribution in [3.05, 3.63) is 30.7 Å². The van der Waals surface area contributed by atoms with Gasteiger partial charge in [0.1, 0.15) is 17.1 Å². The second-order valence-corrected chi connectivity index (χ2v) is 7.75. The zero-order valence-electron chi connectivity index (χ0n) is 16.5. The highest BCUT2D eigenvalue weighted by atomic mass is 16.5. The molecule has 2 bridgehead atoms. The number of rotatable bonds is 5. The first-order valence-electron chi connectivity index (χ1n) is 9.94. The summed E-state index contributed by atoms with van der Waals surface area (Å²) < 4.78 is 5.42. The molecule has 2 N–H and O–H groups in total. The second-order valence-electron chi connectivity index (χ2n) is 7.75. The quantitative estimate of drug-likeness (QED) is 0.680. The molecular formula is C20H24N8O. The number of aromatic nitrogens is 6. The lowest BCUT2D eigenvalue weighted by Gasteiger charge is -2.36. The Hall–Kier alpha value is -3.07. The molecule has 2 aliphatic heterocycles. The zero-order chi connectivity index (χ0) is 19.8.